The molecule has 0 radical (unpaired) electrons. The van der Waals surface area contributed by atoms with Crippen LogP contribution in [0.4, 0.5) is 4.79 Å². The van der Waals surface area contributed by atoms with Gasteiger partial charge in [0.15, 0.2) is 0 Å². The lowest BCUT2D eigenvalue weighted by Crippen LogP contribution is -2.36. The Kier molecular flexibility index (Phi) is 9.37. The molecule has 0 unspecified atom stereocenters. The summed E-state index contributed by atoms with van der Waals surface area (Å²) in [5, 5.41) is 25.6. The molecule has 11 nitrogen and oxygen atoms in total. The van der Waals surface area contributed by atoms with Crippen molar-refractivity contribution < 1.29 is 38.9 Å². The lowest BCUT2D eigenvalue weighted by molar-refractivity contribution is -0.120. The van der Waals surface area contributed by atoms with Gasteiger partial charge in [0.25, 0.3) is 5.91 Å². The fourth-order valence-corrected chi connectivity index (χ4v) is 2.63. The Morgan fingerprint density at radius 2 is 1.30 bits per heavy atom. The summed E-state index contributed by atoms with van der Waals surface area (Å²) in [6.45, 7) is 0.276. The van der Waals surface area contributed by atoms with Crippen LogP contribution in [-0.2, 0) is 16.1 Å². The molecule has 0 aliphatic heterocycles. The number of carboxylic acids is 2. The van der Waals surface area contributed by atoms with E-state index in [4.69, 9.17) is 14.9 Å². The largest absolute Gasteiger partial charge is 0.478 e. The van der Waals surface area contributed by atoms with Gasteiger partial charge >= 0.3 is 18.0 Å². The van der Waals surface area contributed by atoms with Crippen molar-refractivity contribution in [3.63, 3.8) is 0 Å². The number of hydrogen-bond donors (Lipinski definition) is 5. The third-order valence-electron chi connectivity index (χ3n) is 4.26. The van der Waals surface area contributed by atoms with Crippen LogP contribution in [0.25, 0.3) is 0 Å². The number of alkyl carbamates (subject to hydrolysis) is 1. The number of ether oxygens (including phenoxy) is 1. The number of benzene rings is 2. The van der Waals surface area contributed by atoms with E-state index in [1.165, 1.54) is 0 Å². The van der Waals surface area contributed by atoms with Crippen LogP contribution in [0.3, 0.4) is 0 Å². The molecule has 3 amide bonds. The zero-order valence-corrected chi connectivity index (χ0v) is 17.5. The summed E-state index contributed by atoms with van der Waals surface area (Å²) >= 11 is 0. The number of rotatable bonds is 11. The minimum atomic E-state index is -1.36. The fraction of sp³-hybridized carbons (Fsp3) is 0.227. The van der Waals surface area contributed by atoms with Crippen molar-refractivity contribution in [3.05, 3.63) is 70.8 Å². The molecule has 0 saturated carbocycles. The number of hydrogen-bond acceptors (Lipinski definition) is 6. The second-order valence-corrected chi connectivity index (χ2v) is 6.75. The number of amides is 3. The normalized spacial score (nSPS) is 10.1. The molecule has 0 bridgehead atoms. The highest BCUT2D eigenvalue weighted by atomic mass is 16.5. The van der Waals surface area contributed by atoms with Crippen LogP contribution in [0.1, 0.15) is 43.1 Å². The maximum Gasteiger partial charge on any atom is 0.407 e. The van der Waals surface area contributed by atoms with Crippen molar-refractivity contribution >= 4 is 29.8 Å². The van der Waals surface area contributed by atoms with Gasteiger partial charge in [0.2, 0.25) is 5.91 Å². The van der Waals surface area contributed by atoms with Crippen LogP contribution in [-0.4, -0.2) is 59.7 Å². The average Bonchev–Trinajstić information content (AvgIpc) is 2.80. The van der Waals surface area contributed by atoms with E-state index in [0.29, 0.717) is 0 Å². The molecule has 5 N–H and O–H groups in total. The molecular weight excluding hydrogens is 434 g/mol. The van der Waals surface area contributed by atoms with Gasteiger partial charge < -0.3 is 30.9 Å². The maximum atomic E-state index is 12.2. The van der Waals surface area contributed by atoms with Crippen LogP contribution in [0, 0.1) is 0 Å². The third-order valence-corrected chi connectivity index (χ3v) is 4.26. The van der Waals surface area contributed by atoms with Gasteiger partial charge in [0, 0.05) is 31.6 Å². The summed E-state index contributed by atoms with van der Waals surface area (Å²) in [4.78, 5) is 57.8. The zero-order valence-electron chi connectivity index (χ0n) is 17.5. The van der Waals surface area contributed by atoms with E-state index in [9.17, 15) is 24.0 Å². The van der Waals surface area contributed by atoms with Gasteiger partial charge in [-0.15, -0.1) is 0 Å². The van der Waals surface area contributed by atoms with E-state index in [0.717, 1.165) is 23.8 Å². The molecule has 0 atom stereocenters. The highest BCUT2D eigenvalue weighted by molar-refractivity contribution is 6.01. The number of nitrogens with one attached hydrogen (secondary N) is 3. The third kappa shape index (κ3) is 8.69. The van der Waals surface area contributed by atoms with Crippen molar-refractivity contribution in [1.29, 1.82) is 0 Å². The van der Waals surface area contributed by atoms with E-state index in [-0.39, 0.29) is 55.3 Å². The van der Waals surface area contributed by atoms with Gasteiger partial charge in [-0.3, -0.25) is 9.59 Å². The number of carbonyl (C=O) groups excluding carboxylic acids is 3. The SMILES string of the molecule is O=C(CCNC(=O)OCc1ccccc1)NCCNC(=O)c1cc(C(=O)O)cc(C(=O)O)c1. The Morgan fingerprint density at radius 3 is 1.91 bits per heavy atom. The molecule has 33 heavy (non-hydrogen) atoms. The van der Waals surface area contributed by atoms with E-state index in [1.807, 2.05) is 30.3 Å². The molecule has 0 aromatic heterocycles. The second-order valence-electron chi connectivity index (χ2n) is 6.75. The van der Waals surface area contributed by atoms with Gasteiger partial charge in [-0.05, 0) is 23.8 Å². The minimum Gasteiger partial charge on any atom is -0.478 e. The van der Waals surface area contributed by atoms with Crippen LogP contribution < -0.4 is 16.0 Å². The van der Waals surface area contributed by atoms with Gasteiger partial charge in [-0.2, -0.15) is 0 Å². The Labute approximate surface area is 188 Å². The lowest BCUT2D eigenvalue weighted by Gasteiger charge is -2.09. The molecule has 0 saturated heterocycles. The van der Waals surface area contributed by atoms with Gasteiger partial charge in [-0.25, -0.2) is 14.4 Å². The molecule has 0 heterocycles. The van der Waals surface area contributed by atoms with E-state index < -0.39 is 23.9 Å². The molecule has 174 valence electrons. The summed E-state index contributed by atoms with van der Waals surface area (Å²) in [5.41, 5.74) is 0.0458. The monoisotopic (exact) mass is 457 g/mol. The van der Waals surface area contributed by atoms with Crippen LogP contribution >= 0.6 is 0 Å². The summed E-state index contributed by atoms with van der Waals surface area (Å²) < 4.78 is 5.02. The topological polar surface area (TPSA) is 171 Å². The number of aromatic carboxylic acids is 2. The molecule has 11 heteroatoms. The second kappa shape index (κ2) is 12.4. The Balaban J connectivity index is 1.66. The van der Waals surface area contributed by atoms with Crippen molar-refractivity contribution in [2.75, 3.05) is 19.6 Å². The van der Waals surface area contributed by atoms with Gasteiger partial charge in [0.1, 0.15) is 6.61 Å². The van der Waals surface area contributed by atoms with Crippen molar-refractivity contribution in [2.45, 2.75) is 13.0 Å². The van der Waals surface area contributed by atoms with Crippen molar-refractivity contribution in [1.82, 2.24) is 16.0 Å². The Bertz CT molecular complexity index is 991. The van der Waals surface area contributed by atoms with Crippen LogP contribution in [0.5, 0.6) is 0 Å². The first kappa shape index (κ1) is 24.9. The maximum absolute atomic E-state index is 12.2. The molecule has 0 aliphatic carbocycles. The number of carboxylic acid groups (broad SMARTS) is 2. The Morgan fingerprint density at radius 1 is 0.727 bits per heavy atom. The highest BCUT2D eigenvalue weighted by Crippen LogP contribution is 2.11. The first-order valence-corrected chi connectivity index (χ1v) is 9.87. The molecule has 2 rings (SSSR count). The first-order chi connectivity index (χ1) is 15.8. The lowest BCUT2D eigenvalue weighted by atomic mass is 10.1. The van der Waals surface area contributed by atoms with Crippen molar-refractivity contribution in [2.24, 2.45) is 0 Å². The van der Waals surface area contributed by atoms with E-state index >= 15 is 0 Å². The fourth-order valence-electron chi connectivity index (χ4n) is 2.63. The zero-order chi connectivity index (χ0) is 24.2. The van der Waals surface area contributed by atoms with Gasteiger partial charge in [-0.1, -0.05) is 30.3 Å². The quantitative estimate of drug-likeness (QED) is 0.314. The average molecular weight is 457 g/mol. The molecule has 0 spiro atoms. The smallest absolute Gasteiger partial charge is 0.407 e. The summed E-state index contributed by atoms with van der Waals surface area (Å²) in [7, 11) is 0. The highest BCUT2D eigenvalue weighted by Gasteiger charge is 2.15. The summed E-state index contributed by atoms with van der Waals surface area (Å²) in [6, 6.07) is 12.2. The molecule has 0 fully saturated rings. The Hall–Kier alpha value is -4.41. The van der Waals surface area contributed by atoms with Crippen LogP contribution in [0.15, 0.2) is 48.5 Å². The molecule has 2 aromatic carbocycles. The first-order valence-electron chi connectivity index (χ1n) is 9.87. The predicted molar refractivity (Wildman–Crippen MR) is 115 cm³/mol. The summed E-state index contributed by atoms with van der Waals surface area (Å²) in [5.74, 6) is -3.78. The van der Waals surface area contributed by atoms with Crippen LogP contribution in [0.2, 0.25) is 0 Å². The standard InChI is InChI=1S/C22H23N3O8/c26-18(6-7-25-22(32)33-13-14-4-2-1-3-5-14)23-8-9-24-19(27)15-10-16(20(28)29)12-17(11-15)21(30)31/h1-5,10-12H,6-9,13H2,(H,23,26)(H,24,27)(H,25,32)(H,28,29)(H,30,31). The molecule has 2 aromatic rings. The van der Waals surface area contributed by atoms with Gasteiger partial charge in [0.05, 0.1) is 11.1 Å². The molecular formula is C22H23N3O8. The summed E-state index contributed by atoms with van der Waals surface area (Å²) in [6.07, 6.45) is -0.653. The van der Waals surface area contributed by atoms with E-state index in [2.05, 4.69) is 16.0 Å². The molecule has 0 aliphatic rings. The minimum absolute atomic E-state index is 0.00296. The number of carbonyl (C=O) groups is 5. The predicted octanol–water partition coefficient (Wildman–Crippen LogP) is 1.25. The van der Waals surface area contributed by atoms with E-state index in [1.54, 1.807) is 0 Å². The van der Waals surface area contributed by atoms with Crippen molar-refractivity contribution in [3.8, 4) is 0 Å².